The van der Waals surface area contributed by atoms with E-state index in [-0.39, 0.29) is 0 Å². The number of benzene rings is 1. The third-order valence-corrected chi connectivity index (χ3v) is 3.29. The number of hydrogen-bond donors (Lipinski definition) is 1. The molecule has 0 aliphatic heterocycles. The van der Waals surface area contributed by atoms with Crippen LogP contribution in [0.15, 0.2) is 29.0 Å². The third kappa shape index (κ3) is 3.15. The van der Waals surface area contributed by atoms with Crippen LogP contribution in [0.5, 0.6) is 0 Å². The molecule has 2 rings (SSSR count). The lowest BCUT2D eigenvalue weighted by atomic mass is 10.3. The Morgan fingerprint density at radius 1 is 1.35 bits per heavy atom. The number of nitrogens with one attached hydrogen (secondary N) is 1. The number of aromatic nitrogens is 2. The van der Waals surface area contributed by atoms with Crippen LogP contribution in [0, 0.1) is 0 Å². The largest absolute Gasteiger partial charge is 0.378 e. The lowest BCUT2D eigenvalue weighted by Gasteiger charge is -2.09. The molecular formula is C11H10BrCl2N3. The van der Waals surface area contributed by atoms with Crippen LogP contribution >= 0.6 is 39.1 Å². The van der Waals surface area contributed by atoms with Gasteiger partial charge in [0.2, 0.25) is 0 Å². The molecule has 1 N–H and O–H groups in total. The summed E-state index contributed by atoms with van der Waals surface area (Å²) in [6.07, 6.45) is 3.74. The van der Waals surface area contributed by atoms with Crippen LogP contribution < -0.4 is 5.32 Å². The summed E-state index contributed by atoms with van der Waals surface area (Å²) < 4.78 is 2.61. The molecule has 6 heteroatoms. The molecule has 1 aromatic heterocycles. The van der Waals surface area contributed by atoms with Gasteiger partial charge in [-0.3, -0.25) is 4.68 Å². The monoisotopic (exact) mass is 333 g/mol. The molecule has 2 aromatic rings. The second-order valence-electron chi connectivity index (χ2n) is 3.62. The van der Waals surface area contributed by atoms with Crippen molar-refractivity contribution in [3.8, 4) is 0 Å². The predicted molar refractivity (Wildman–Crippen MR) is 74.7 cm³/mol. The molecule has 0 amide bonds. The Bertz CT molecular complexity index is 516. The standard InChI is InChI=1S/C11H10BrCl2N3/c1-17-6-7(5-16-17)4-15-11-9(13)2-8(12)3-10(11)14/h2-3,5-6,15H,4H2,1H3. The number of anilines is 1. The van der Waals surface area contributed by atoms with Crippen molar-refractivity contribution in [2.24, 2.45) is 7.05 Å². The second-order valence-corrected chi connectivity index (χ2v) is 5.35. The third-order valence-electron chi connectivity index (χ3n) is 2.23. The van der Waals surface area contributed by atoms with E-state index < -0.39 is 0 Å². The molecule has 90 valence electrons. The first-order valence-corrected chi connectivity index (χ1v) is 6.47. The van der Waals surface area contributed by atoms with Crippen molar-refractivity contribution in [2.75, 3.05) is 5.32 Å². The molecule has 0 fully saturated rings. The number of halogens is 3. The molecule has 1 aromatic carbocycles. The van der Waals surface area contributed by atoms with Crippen molar-refractivity contribution in [3.63, 3.8) is 0 Å². The van der Waals surface area contributed by atoms with Gasteiger partial charge in [-0.15, -0.1) is 0 Å². The van der Waals surface area contributed by atoms with Gasteiger partial charge in [0.25, 0.3) is 0 Å². The van der Waals surface area contributed by atoms with E-state index in [4.69, 9.17) is 23.2 Å². The highest BCUT2D eigenvalue weighted by Crippen LogP contribution is 2.33. The van der Waals surface area contributed by atoms with E-state index in [1.54, 1.807) is 23.0 Å². The molecule has 1 heterocycles. The normalized spacial score (nSPS) is 10.6. The van der Waals surface area contributed by atoms with Gasteiger partial charge in [0.1, 0.15) is 0 Å². The first-order chi connectivity index (χ1) is 8.06. The fourth-order valence-corrected chi connectivity index (χ4v) is 2.81. The summed E-state index contributed by atoms with van der Waals surface area (Å²) in [6.45, 7) is 0.634. The molecule has 0 atom stereocenters. The fraction of sp³-hybridized carbons (Fsp3) is 0.182. The number of aryl methyl sites for hydroxylation is 1. The van der Waals surface area contributed by atoms with Gasteiger partial charge in [0.05, 0.1) is 21.9 Å². The fourth-order valence-electron chi connectivity index (χ4n) is 1.46. The molecule has 0 saturated heterocycles. The van der Waals surface area contributed by atoms with Gasteiger partial charge in [0.15, 0.2) is 0 Å². The smallest absolute Gasteiger partial charge is 0.0722 e. The minimum atomic E-state index is 0.591. The second kappa shape index (κ2) is 5.29. The minimum absolute atomic E-state index is 0.591. The number of hydrogen-bond acceptors (Lipinski definition) is 2. The average Bonchev–Trinajstić information content (AvgIpc) is 2.62. The summed E-state index contributed by atoms with van der Waals surface area (Å²) in [4.78, 5) is 0. The summed E-state index contributed by atoms with van der Waals surface area (Å²) in [5, 5.41) is 8.47. The molecule has 0 radical (unpaired) electrons. The molecular weight excluding hydrogens is 325 g/mol. The van der Waals surface area contributed by atoms with E-state index in [1.807, 2.05) is 13.2 Å². The van der Waals surface area contributed by atoms with Gasteiger partial charge in [-0.25, -0.2) is 0 Å². The molecule has 0 spiro atoms. The zero-order chi connectivity index (χ0) is 12.4. The van der Waals surface area contributed by atoms with E-state index in [9.17, 15) is 0 Å². The number of rotatable bonds is 3. The van der Waals surface area contributed by atoms with Gasteiger partial charge in [0, 0.05) is 29.8 Å². The van der Waals surface area contributed by atoms with Crippen LogP contribution in [0.25, 0.3) is 0 Å². The van der Waals surface area contributed by atoms with Crippen LogP contribution in [0.3, 0.4) is 0 Å². The van der Waals surface area contributed by atoms with Crippen molar-refractivity contribution < 1.29 is 0 Å². The minimum Gasteiger partial charge on any atom is -0.378 e. The Hall–Kier alpha value is -0.710. The zero-order valence-corrected chi connectivity index (χ0v) is 12.1. The maximum atomic E-state index is 6.11. The average molecular weight is 335 g/mol. The van der Waals surface area contributed by atoms with Gasteiger partial charge in [-0.05, 0) is 12.1 Å². The van der Waals surface area contributed by atoms with Crippen molar-refractivity contribution in [1.29, 1.82) is 0 Å². The molecule has 0 aliphatic carbocycles. The van der Waals surface area contributed by atoms with Crippen molar-refractivity contribution in [1.82, 2.24) is 9.78 Å². The Morgan fingerprint density at radius 3 is 2.53 bits per heavy atom. The Kier molecular flexibility index (Phi) is 3.97. The Labute approximate surface area is 118 Å². The Balaban J connectivity index is 2.14. The van der Waals surface area contributed by atoms with Crippen LogP contribution in [0.4, 0.5) is 5.69 Å². The summed E-state index contributed by atoms with van der Waals surface area (Å²) in [7, 11) is 1.88. The molecule has 17 heavy (non-hydrogen) atoms. The summed E-state index contributed by atoms with van der Waals surface area (Å²) in [5.74, 6) is 0. The molecule has 0 unspecified atom stereocenters. The lowest BCUT2D eigenvalue weighted by molar-refractivity contribution is 0.767. The summed E-state index contributed by atoms with van der Waals surface area (Å²) in [5.41, 5.74) is 1.81. The van der Waals surface area contributed by atoms with Crippen LogP contribution in [-0.2, 0) is 13.6 Å². The zero-order valence-electron chi connectivity index (χ0n) is 9.04. The summed E-state index contributed by atoms with van der Waals surface area (Å²) >= 11 is 15.6. The summed E-state index contributed by atoms with van der Waals surface area (Å²) in [6, 6.07) is 3.61. The van der Waals surface area contributed by atoms with E-state index in [2.05, 4.69) is 26.3 Å². The van der Waals surface area contributed by atoms with Gasteiger partial charge in [-0.2, -0.15) is 5.10 Å². The van der Waals surface area contributed by atoms with Gasteiger partial charge >= 0.3 is 0 Å². The van der Waals surface area contributed by atoms with Crippen molar-refractivity contribution >= 4 is 44.8 Å². The predicted octanol–water partition coefficient (Wildman–Crippen LogP) is 4.10. The lowest BCUT2D eigenvalue weighted by Crippen LogP contribution is -2.00. The molecule has 0 aliphatic rings. The molecule has 3 nitrogen and oxygen atoms in total. The topological polar surface area (TPSA) is 29.9 Å². The number of nitrogens with zero attached hydrogens (tertiary/aromatic N) is 2. The van der Waals surface area contributed by atoms with Gasteiger partial charge in [-0.1, -0.05) is 39.1 Å². The first-order valence-electron chi connectivity index (χ1n) is 4.92. The van der Waals surface area contributed by atoms with E-state index in [0.717, 1.165) is 15.7 Å². The van der Waals surface area contributed by atoms with Crippen molar-refractivity contribution in [2.45, 2.75) is 6.54 Å². The Morgan fingerprint density at radius 2 is 2.00 bits per heavy atom. The maximum Gasteiger partial charge on any atom is 0.0722 e. The molecule has 0 saturated carbocycles. The highest BCUT2D eigenvalue weighted by atomic mass is 79.9. The van der Waals surface area contributed by atoms with Crippen molar-refractivity contribution in [3.05, 3.63) is 44.6 Å². The first kappa shape index (κ1) is 12.7. The maximum absolute atomic E-state index is 6.11. The van der Waals surface area contributed by atoms with Crippen LogP contribution in [-0.4, -0.2) is 9.78 Å². The SMILES string of the molecule is Cn1cc(CNc2c(Cl)cc(Br)cc2Cl)cn1. The highest BCUT2D eigenvalue weighted by molar-refractivity contribution is 9.10. The van der Waals surface area contributed by atoms with Gasteiger partial charge < -0.3 is 5.32 Å². The quantitative estimate of drug-likeness (QED) is 0.915. The van der Waals surface area contributed by atoms with Crippen LogP contribution in [0.1, 0.15) is 5.56 Å². The van der Waals surface area contributed by atoms with E-state index in [0.29, 0.717) is 16.6 Å². The van der Waals surface area contributed by atoms with E-state index >= 15 is 0 Å². The van der Waals surface area contributed by atoms with E-state index in [1.165, 1.54) is 0 Å². The van der Waals surface area contributed by atoms with Crippen LogP contribution in [0.2, 0.25) is 10.0 Å². The highest BCUT2D eigenvalue weighted by Gasteiger charge is 2.07. The molecule has 0 bridgehead atoms.